The summed E-state index contributed by atoms with van der Waals surface area (Å²) in [5.41, 5.74) is 7.94. The Morgan fingerprint density at radius 1 is 1.35 bits per heavy atom. The molecular formula is C13H14N2O2. The van der Waals surface area contributed by atoms with E-state index >= 15 is 0 Å². The van der Waals surface area contributed by atoms with E-state index in [1.807, 2.05) is 26.0 Å². The van der Waals surface area contributed by atoms with Gasteiger partial charge in [-0.1, -0.05) is 6.07 Å². The topological polar surface area (TPSA) is 65.1 Å². The van der Waals surface area contributed by atoms with Gasteiger partial charge in [0.2, 0.25) is 5.91 Å². The molecule has 1 amide bonds. The maximum atomic E-state index is 11.8. The zero-order valence-corrected chi connectivity index (χ0v) is 9.86. The first-order valence-electron chi connectivity index (χ1n) is 5.38. The minimum Gasteiger partial charge on any atom is -0.368 e. The highest BCUT2D eigenvalue weighted by molar-refractivity contribution is 5.84. The van der Waals surface area contributed by atoms with Crippen LogP contribution in [0.15, 0.2) is 29.2 Å². The van der Waals surface area contributed by atoms with Gasteiger partial charge < -0.3 is 10.3 Å². The average Bonchev–Trinajstić information content (AvgIpc) is 2.21. The number of primary amides is 1. The zero-order valence-electron chi connectivity index (χ0n) is 9.86. The number of fused-ring (bicyclic) bond motifs is 1. The van der Waals surface area contributed by atoms with Crippen LogP contribution in [-0.2, 0) is 11.3 Å². The normalized spacial score (nSPS) is 10.7. The van der Waals surface area contributed by atoms with Crippen LogP contribution in [0.1, 0.15) is 11.1 Å². The lowest BCUT2D eigenvalue weighted by atomic mass is 10.1. The largest absolute Gasteiger partial charge is 0.368 e. The number of aryl methyl sites for hydroxylation is 2. The zero-order chi connectivity index (χ0) is 12.6. The van der Waals surface area contributed by atoms with Gasteiger partial charge in [-0.25, -0.2) is 0 Å². The molecule has 2 rings (SSSR count). The van der Waals surface area contributed by atoms with E-state index in [1.165, 1.54) is 6.07 Å². The quantitative estimate of drug-likeness (QED) is 0.839. The summed E-state index contributed by atoms with van der Waals surface area (Å²) < 4.78 is 1.72. The number of hydrogen-bond donors (Lipinski definition) is 1. The number of pyridine rings is 1. The molecule has 0 aliphatic heterocycles. The Kier molecular flexibility index (Phi) is 2.71. The molecule has 1 aromatic heterocycles. The van der Waals surface area contributed by atoms with E-state index in [4.69, 9.17) is 5.73 Å². The molecule has 0 radical (unpaired) electrons. The fourth-order valence-electron chi connectivity index (χ4n) is 2.15. The molecule has 0 saturated carbocycles. The fraction of sp³-hybridized carbons (Fsp3) is 0.231. The summed E-state index contributed by atoms with van der Waals surface area (Å²) in [7, 11) is 0. The summed E-state index contributed by atoms with van der Waals surface area (Å²) in [6.45, 7) is 3.95. The second-order valence-electron chi connectivity index (χ2n) is 4.25. The van der Waals surface area contributed by atoms with Crippen molar-refractivity contribution in [2.75, 3.05) is 0 Å². The minimum atomic E-state index is -0.421. The van der Waals surface area contributed by atoms with Crippen LogP contribution in [0, 0.1) is 13.8 Å². The van der Waals surface area contributed by atoms with Gasteiger partial charge in [0.1, 0.15) is 6.54 Å². The number of rotatable bonds is 2. The van der Waals surface area contributed by atoms with Gasteiger partial charge in [0.15, 0.2) is 5.43 Å². The smallest absolute Gasteiger partial charge is 0.237 e. The van der Waals surface area contributed by atoms with E-state index in [0.29, 0.717) is 5.39 Å². The number of benzene rings is 1. The van der Waals surface area contributed by atoms with Crippen molar-refractivity contribution in [3.8, 4) is 0 Å². The highest BCUT2D eigenvalue weighted by atomic mass is 16.1. The van der Waals surface area contributed by atoms with Crippen LogP contribution in [0.2, 0.25) is 0 Å². The third kappa shape index (κ3) is 2.06. The molecular weight excluding hydrogens is 216 g/mol. The van der Waals surface area contributed by atoms with Gasteiger partial charge in [-0.15, -0.1) is 0 Å². The first-order valence-corrected chi connectivity index (χ1v) is 5.38. The molecule has 4 heteroatoms. The first kappa shape index (κ1) is 11.4. The molecule has 1 aromatic carbocycles. The lowest BCUT2D eigenvalue weighted by Crippen LogP contribution is -2.20. The minimum absolute atomic E-state index is 0.0347. The molecule has 0 aliphatic carbocycles. The highest BCUT2D eigenvalue weighted by Crippen LogP contribution is 2.17. The second-order valence-corrected chi connectivity index (χ2v) is 4.25. The Labute approximate surface area is 98.7 Å². The molecule has 0 fully saturated rings. The molecule has 0 atom stereocenters. The van der Waals surface area contributed by atoms with Crippen LogP contribution >= 0.6 is 0 Å². The Balaban J connectivity index is 2.84. The van der Waals surface area contributed by atoms with Crippen LogP contribution in [0.25, 0.3) is 10.9 Å². The Bertz CT molecular complexity index is 656. The molecule has 0 saturated heterocycles. The SMILES string of the molecule is Cc1cc(C)c2c(c1)c(=O)ccn2CC(N)=O. The summed E-state index contributed by atoms with van der Waals surface area (Å²) in [5.74, 6) is -0.421. The monoisotopic (exact) mass is 230 g/mol. The molecule has 4 nitrogen and oxygen atoms in total. The van der Waals surface area contributed by atoms with Gasteiger partial charge in [-0.2, -0.15) is 0 Å². The molecule has 0 aliphatic rings. The predicted octanol–water partition coefficient (Wildman–Crippen LogP) is 1.10. The number of carbonyl (C=O) groups excluding carboxylic acids is 1. The van der Waals surface area contributed by atoms with E-state index < -0.39 is 5.91 Å². The number of nitrogens with zero attached hydrogens (tertiary/aromatic N) is 1. The van der Waals surface area contributed by atoms with Crippen LogP contribution in [0.5, 0.6) is 0 Å². The van der Waals surface area contributed by atoms with Gasteiger partial charge in [0.05, 0.1) is 5.52 Å². The Morgan fingerprint density at radius 2 is 2.06 bits per heavy atom. The van der Waals surface area contributed by atoms with Gasteiger partial charge in [0.25, 0.3) is 0 Å². The van der Waals surface area contributed by atoms with Crippen molar-refractivity contribution in [3.63, 3.8) is 0 Å². The maximum Gasteiger partial charge on any atom is 0.237 e. The highest BCUT2D eigenvalue weighted by Gasteiger charge is 2.07. The summed E-state index contributed by atoms with van der Waals surface area (Å²) >= 11 is 0. The fourth-order valence-corrected chi connectivity index (χ4v) is 2.15. The first-order chi connectivity index (χ1) is 7.99. The van der Waals surface area contributed by atoms with Crippen molar-refractivity contribution in [2.45, 2.75) is 20.4 Å². The summed E-state index contributed by atoms with van der Waals surface area (Å²) in [6, 6.07) is 5.28. The average molecular weight is 230 g/mol. The third-order valence-corrected chi connectivity index (χ3v) is 2.73. The number of nitrogens with two attached hydrogens (primary N) is 1. The summed E-state index contributed by atoms with van der Waals surface area (Å²) in [4.78, 5) is 22.8. The molecule has 2 aromatic rings. The summed E-state index contributed by atoms with van der Waals surface area (Å²) in [5, 5.41) is 0.631. The van der Waals surface area contributed by atoms with Crippen molar-refractivity contribution < 1.29 is 4.79 Å². The van der Waals surface area contributed by atoms with Crippen LogP contribution in [0.4, 0.5) is 0 Å². The molecule has 0 bridgehead atoms. The van der Waals surface area contributed by atoms with Crippen molar-refractivity contribution in [1.82, 2.24) is 4.57 Å². The standard InChI is InChI=1S/C13H14N2O2/c1-8-5-9(2)13-10(6-8)11(16)3-4-15(13)7-12(14)17/h3-6H,7H2,1-2H3,(H2,14,17). The van der Waals surface area contributed by atoms with Crippen LogP contribution in [-0.4, -0.2) is 10.5 Å². The van der Waals surface area contributed by atoms with Gasteiger partial charge >= 0.3 is 0 Å². The van der Waals surface area contributed by atoms with E-state index in [0.717, 1.165) is 16.6 Å². The lowest BCUT2D eigenvalue weighted by molar-refractivity contribution is -0.118. The maximum absolute atomic E-state index is 11.8. The van der Waals surface area contributed by atoms with Gasteiger partial charge in [0, 0.05) is 17.6 Å². The molecule has 0 spiro atoms. The van der Waals surface area contributed by atoms with Crippen molar-refractivity contribution in [3.05, 3.63) is 45.7 Å². The lowest BCUT2D eigenvalue weighted by Gasteiger charge is -2.11. The number of amides is 1. The van der Waals surface area contributed by atoms with Gasteiger partial charge in [-0.05, 0) is 31.0 Å². The summed E-state index contributed by atoms with van der Waals surface area (Å²) in [6.07, 6.45) is 1.61. The molecule has 1 heterocycles. The van der Waals surface area contributed by atoms with Crippen LogP contribution in [0.3, 0.4) is 0 Å². The van der Waals surface area contributed by atoms with Crippen molar-refractivity contribution >= 4 is 16.8 Å². The number of aromatic nitrogens is 1. The molecule has 2 N–H and O–H groups in total. The number of carbonyl (C=O) groups is 1. The number of hydrogen-bond acceptors (Lipinski definition) is 2. The molecule has 0 unspecified atom stereocenters. The van der Waals surface area contributed by atoms with E-state index in [1.54, 1.807) is 10.8 Å². The van der Waals surface area contributed by atoms with Crippen molar-refractivity contribution in [2.24, 2.45) is 5.73 Å². The predicted molar refractivity (Wildman–Crippen MR) is 66.9 cm³/mol. The third-order valence-electron chi connectivity index (χ3n) is 2.73. The van der Waals surface area contributed by atoms with Crippen LogP contribution < -0.4 is 11.2 Å². The second kappa shape index (κ2) is 4.05. The van der Waals surface area contributed by atoms with Crippen molar-refractivity contribution in [1.29, 1.82) is 0 Å². The van der Waals surface area contributed by atoms with Gasteiger partial charge in [-0.3, -0.25) is 9.59 Å². The Morgan fingerprint density at radius 3 is 2.71 bits per heavy atom. The molecule has 17 heavy (non-hydrogen) atoms. The molecule has 88 valence electrons. The van der Waals surface area contributed by atoms with E-state index in [2.05, 4.69) is 0 Å². The van der Waals surface area contributed by atoms with E-state index in [9.17, 15) is 9.59 Å². The van der Waals surface area contributed by atoms with E-state index in [-0.39, 0.29) is 12.0 Å². The Hall–Kier alpha value is -2.10.